The Labute approximate surface area is 177 Å². The summed E-state index contributed by atoms with van der Waals surface area (Å²) in [5.74, 6) is 0.0758. The normalized spacial score (nSPS) is 19.1. The van der Waals surface area contributed by atoms with Crippen molar-refractivity contribution in [3.63, 3.8) is 0 Å². The minimum absolute atomic E-state index is 0.0758. The van der Waals surface area contributed by atoms with E-state index in [4.69, 9.17) is 0 Å². The summed E-state index contributed by atoms with van der Waals surface area (Å²) in [4.78, 5) is 15.3. The van der Waals surface area contributed by atoms with Crippen molar-refractivity contribution in [1.29, 1.82) is 0 Å². The molecule has 2 aromatic carbocycles. The summed E-state index contributed by atoms with van der Waals surface area (Å²) in [5, 5.41) is 14.7. The number of carbonyl (C=O) groups excluding carboxylic acids is 1. The van der Waals surface area contributed by atoms with E-state index in [0.29, 0.717) is 13.0 Å². The number of nitrogens with zero attached hydrogens (tertiary/aromatic N) is 5. The Kier molecular flexibility index (Phi) is 6.18. The van der Waals surface area contributed by atoms with Gasteiger partial charge in [0.2, 0.25) is 5.91 Å². The molecule has 30 heavy (non-hydrogen) atoms. The molecule has 1 aromatic heterocycles. The van der Waals surface area contributed by atoms with Gasteiger partial charge in [-0.15, -0.1) is 5.10 Å². The van der Waals surface area contributed by atoms with Gasteiger partial charge in [-0.1, -0.05) is 54.1 Å². The van der Waals surface area contributed by atoms with E-state index in [2.05, 4.69) is 69.9 Å². The molecule has 156 valence electrons. The number of aryl methyl sites for hydroxylation is 2. The van der Waals surface area contributed by atoms with Crippen molar-refractivity contribution in [1.82, 2.24) is 30.4 Å². The van der Waals surface area contributed by atoms with E-state index in [1.54, 1.807) is 11.0 Å². The molecule has 1 aliphatic rings. The van der Waals surface area contributed by atoms with Crippen LogP contribution >= 0.6 is 0 Å². The van der Waals surface area contributed by atoms with E-state index in [1.165, 1.54) is 22.3 Å². The summed E-state index contributed by atoms with van der Waals surface area (Å²) in [7, 11) is 0. The van der Waals surface area contributed by atoms with Gasteiger partial charge in [0.1, 0.15) is 6.33 Å². The van der Waals surface area contributed by atoms with Crippen LogP contribution in [0.2, 0.25) is 0 Å². The second-order valence-electron chi connectivity index (χ2n) is 8.08. The average Bonchev–Trinajstić information content (AvgIpc) is 3.41. The fraction of sp³-hybridized carbons (Fsp3) is 0.391. The summed E-state index contributed by atoms with van der Waals surface area (Å²) in [6, 6.07) is 16.6. The Morgan fingerprint density at radius 3 is 2.77 bits per heavy atom. The summed E-state index contributed by atoms with van der Waals surface area (Å²) < 4.78 is 1.77. The maximum Gasteiger partial charge on any atom is 0.237 e. The Morgan fingerprint density at radius 2 is 2.00 bits per heavy atom. The van der Waals surface area contributed by atoms with Crippen molar-refractivity contribution in [3.05, 3.63) is 77.1 Å². The number of hydrogen-bond acceptors (Lipinski definition) is 5. The smallest absolute Gasteiger partial charge is 0.237 e. The van der Waals surface area contributed by atoms with E-state index < -0.39 is 0 Å². The SMILES string of the molecule is Cc1ccc(C)c(CN2C[C@H](n3cnnn3)C[C@H]2C(=O)NCCc2ccccc2)c1. The summed E-state index contributed by atoms with van der Waals surface area (Å²) in [5.41, 5.74) is 4.96. The molecular weight excluding hydrogens is 376 g/mol. The molecule has 1 saturated heterocycles. The first-order chi connectivity index (χ1) is 14.6. The summed E-state index contributed by atoms with van der Waals surface area (Å²) in [6.45, 7) is 6.34. The molecule has 1 amide bonds. The van der Waals surface area contributed by atoms with E-state index in [-0.39, 0.29) is 18.0 Å². The van der Waals surface area contributed by atoms with Crippen LogP contribution < -0.4 is 5.32 Å². The first-order valence-corrected chi connectivity index (χ1v) is 10.4. The minimum Gasteiger partial charge on any atom is -0.354 e. The highest BCUT2D eigenvalue weighted by atomic mass is 16.2. The number of hydrogen-bond donors (Lipinski definition) is 1. The van der Waals surface area contributed by atoms with Crippen LogP contribution in [-0.2, 0) is 17.8 Å². The minimum atomic E-state index is -0.199. The van der Waals surface area contributed by atoms with Crippen molar-refractivity contribution in [2.45, 2.75) is 45.3 Å². The molecule has 7 nitrogen and oxygen atoms in total. The molecule has 1 aliphatic heterocycles. The van der Waals surface area contributed by atoms with Crippen LogP contribution in [0, 0.1) is 13.8 Å². The van der Waals surface area contributed by atoms with E-state index in [1.807, 2.05) is 18.2 Å². The number of rotatable bonds is 7. The van der Waals surface area contributed by atoms with E-state index in [0.717, 1.165) is 19.5 Å². The Morgan fingerprint density at radius 1 is 1.17 bits per heavy atom. The third kappa shape index (κ3) is 4.74. The number of carbonyl (C=O) groups is 1. The summed E-state index contributed by atoms with van der Waals surface area (Å²) >= 11 is 0. The van der Waals surface area contributed by atoms with Crippen LogP contribution in [0.15, 0.2) is 54.9 Å². The molecule has 4 rings (SSSR count). The quantitative estimate of drug-likeness (QED) is 0.655. The second-order valence-corrected chi connectivity index (χ2v) is 8.08. The first-order valence-electron chi connectivity index (χ1n) is 10.4. The van der Waals surface area contributed by atoms with Gasteiger partial charge in [-0.05, 0) is 53.8 Å². The van der Waals surface area contributed by atoms with Crippen LogP contribution in [0.1, 0.15) is 34.7 Å². The maximum absolute atomic E-state index is 13.1. The van der Waals surface area contributed by atoms with Crippen LogP contribution in [0.25, 0.3) is 0 Å². The first kappa shape index (κ1) is 20.2. The fourth-order valence-corrected chi connectivity index (χ4v) is 4.14. The van der Waals surface area contributed by atoms with Crippen LogP contribution in [-0.4, -0.2) is 50.1 Å². The number of aromatic nitrogens is 4. The Bertz CT molecular complexity index is 973. The number of likely N-dealkylation sites (tertiary alicyclic amines) is 1. The van der Waals surface area contributed by atoms with E-state index in [9.17, 15) is 4.79 Å². The zero-order chi connectivity index (χ0) is 20.9. The third-order valence-corrected chi connectivity index (χ3v) is 5.86. The standard InChI is InChI=1S/C23H28N6O/c1-17-8-9-18(2)20(12-17)14-28-15-21(29-16-25-26-27-29)13-22(28)23(30)24-11-10-19-6-4-3-5-7-19/h3-9,12,16,21-22H,10-11,13-15H2,1-2H3,(H,24,30)/t21-,22+/m1/s1. The van der Waals surface area contributed by atoms with Gasteiger partial charge in [0.05, 0.1) is 12.1 Å². The molecule has 0 bridgehead atoms. The van der Waals surface area contributed by atoms with Gasteiger partial charge in [-0.25, -0.2) is 4.68 Å². The molecule has 7 heteroatoms. The zero-order valence-corrected chi connectivity index (χ0v) is 17.5. The highest BCUT2D eigenvalue weighted by Gasteiger charge is 2.38. The molecular formula is C23H28N6O. The van der Waals surface area contributed by atoms with Gasteiger partial charge < -0.3 is 5.32 Å². The highest BCUT2D eigenvalue weighted by Crippen LogP contribution is 2.29. The molecule has 0 unspecified atom stereocenters. The molecule has 0 saturated carbocycles. The van der Waals surface area contributed by atoms with E-state index >= 15 is 0 Å². The molecule has 0 radical (unpaired) electrons. The van der Waals surface area contributed by atoms with Crippen LogP contribution in [0.5, 0.6) is 0 Å². The van der Waals surface area contributed by atoms with Crippen molar-refractivity contribution in [2.24, 2.45) is 0 Å². The van der Waals surface area contributed by atoms with Gasteiger partial charge >= 0.3 is 0 Å². The van der Waals surface area contributed by atoms with Crippen molar-refractivity contribution in [2.75, 3.05) is 13.1 Å². The average molecular weight is 405 g/mol. The number of benzene rings is 2. The molecule has 0 spiro atoms. The van der Waals surface area contributed by atoms with Gasteiger partial charge in [0.15, 0.2) is 0 Å². The van der Waals surface area contributed by atoms with Gasteiger partial charge in [-0.3, -0.25) is 9.69 Å². The molecule has 1 fully saturated rings. The molecule has 1 N–H and O–H groups in total. The third-order valence-electron chi connectivity index (χ3n) is 5.86. The van der Waals surface area contributed by atoms with Crippen molar-refractivity contribution < 1.29 is 4.79 Å². The lowest BCUT2D eigenvalue weighted by atomic mass is 10.0. The molecule has 3 aromatic rings. The lowest BCUT2D eigenvalue weighted by molar-refractivity contribution is -0.125. The lowest BCUT2D eigenvalue weighted by Gasteiger charge is -2.24. The van der Waals surface area contributed by atoms with Crippen LogP contribution in [0.4, 0.5) is 0 Å². The number of amides is 1. The lowest BCUT2D eigenvalue weighted by Crippen LogP contribution is -2.43. The Hall–Kier alpha value is -3.06. The van der Waals surface area contributed by atoms with Gasteiger partial charge in [-0.2, -0.15) is 0 Å². The number of nitrogens with one attached hydrogen (secondary N) is 1. The zero-order valence-electron chi connectivity index (χ0n) is 17.5. The predicted molar refractivity (Wildman–Crippen MR) is 115 cm³/mol. The summed E-state index contributed by atoms with van der Waals surface area (Å²) in [6.07, 6.45) is 3.16. The highest BCUT2D eigenvalue weighted by molar-refractivity contribution is 5.82. The van der Waals surface area contributed by atoms with Gasteiger partial charge in [0, 0.05) is 19.6 Å². The van der Waals surface area contributed by atoms with Crippen molar-refractivity contribution in [3.8, 4) is 0 Å². The number of tetrazole rings is 1. The fourth-order valence-electron chi connectivity index (χ4n) is 4.14. The monoisotopic (exact) mass is 404 g/mol. The maximum atomic E-state index is 13.1. The van der Waals surface area contributed by atoms with Crippen LogP contribution in [0.3, 0.4) is 0 Å². The molecule has 0 aliphatic carbocycles. The topological polar surface area (TPSA) is 75.9 Å². The molecule has 2 atom stereocenters. The molecule has 2 heterocycles. The largest absolute Gasteiger partial charge is 0.354 e. The van der Waals surface area contributed by atoms with Gasteiger partial charge in [0.25, 0.3) is 0 Å². The Balaban J connectivity index is 1.45. The second kappa shape index (κ2) is 9.17. The predicted octanol–water partition coefficient (Wildman–Crippen LogP) is 2.46. The van der Waals surface area contributed by atoms with Crippen molar-refractivity contribution >= 4 is 5.91 Å².